The Balaban J connectivity index is 1.42. The monoisotopic (exact) mass is 419 g/mol. The van der Waals surface area contributed by atoms with E-state index >= 15 is 0 Å². The van der Waals surface area contributed by atoms with Crippen LogP contribution in [0.5, 0.6) is 5.75 Å². The molecule has 0 atom stereocenters. The van der Waals surface area contributed by atoms with Gasteiger partial charge in [0.15, 0.2) is 0 Å². The Hall–Kier alpha value is -2.23. The number of thiophene rings is 1. The lowest BCUT2D eigenvalue weighted by atomic mass is 9.98. The summed E-state index contributed by atoms with van der Waals surface area (Å²) in [6.45, 7) is 3.29. The van der Waals surface area contributed by atoms with Crippen LogP contribution in [0.15, 0.2) is 50.4 Å². The largest absolute Gasteiger partial charge is 0.494 e. The van der Waals surface area contributed by atoms with Gasteiger partial charge in [0, 0.05) is 30.0 Å². The highest BCUT2D eigenvalue weighted by atomic mass is 32.2. The number of hydrogen-bond acceptors (Lipinski definition) is 7. The number of ether oxygens (including phenoxy) is 1. The predicted molar refractivity (Wildman–Crippen MR) is 106 cm³/mol. The van der Waals surface area contributed by atoms with Crippen LogP contribution in [0.2, 0.25) is 0 Å². The summed E-state index contributed by atoms with van der Waals surface area (Å²) >= 11 is 1.57. The van der Waals surface area contributed by atoms with Crippen molar-refractivity contribution in [2.24, 2.45) is 0 Å². The fourth-order valence-corrected chi connectivity index (χ4v) is 5.37. The Morgan fingerprint density at radius 1 is 1.18 bits per heavy atom. The minimum atomic E-state index is -3.52. The average molecular weight is 420 g/mol. The molecule has 1 aliphatic heterocycles. The fraction of sp³-hybridized carbons (Fsp3) is 0.368. The van der Waals surface area contributed by atoms with Crippen molar-refractivity contribution in [2.75, 3.05) is 19.7 Å². The second-order valence-corrected chi connectivity index (χ2v) is 9.26. The van der Waals surface area contributed by atoms with Gasteiger partial charge < -0.3 is 9.15 Å². The summed E-state index contributed by atoms with van der Waals surface area (Å²) in [6, 6.07) is 8.50. The maximum absolute atomic E-state index is 12.9. The Kier molecular flexibility index (Phi) is 5.47. The summed E-state index contributed by atoms with van der Waals surface area (Å²) < 4.78 is 38.5. The molecule has 0 spiro atoms. The van der Waals surface area contributed by atoms with Crippen LogP contribution in [-0.2, 0) is 10.0 Å². The van der Waals surface area contributed by atoms with Crippen LogP contribution in [0.3, 0.4) is 0 Å². The first kappa shape index (κ1) is 19.1. The van der Waals surface area contributed by atoms with E-state index in [4.69, 9.17) is 9.15 Å². The summed E-state index contributed by atoms with van der Waals surface area (Å²) in [7, 11) is -3.52. The highest BCUT2D eigenvalue weighted by Gasteiger charge is 2.32. The predicted octanol–water partition coefficient (Wildman–Crippen LogP) is 3.77. The molecule has 9 heteroatoms. The number of benzene rings is 1. The quantitative estimate of drug-likeness (QED) is 0.605. The van der Waals surface area contributed by atoms with E-state index in [-0.39, 0.29) is 10.8 Å². The van der Waals surface area contributed by atoms with Crippen molar-refractivity contribution >= 4 is 21.4 Å². The fourth-order valence-electron chi connectivity index (χ4n) is 3.27. The van der Waals surface area contributed by atoms with Gasteiger partial charge in [-0.3, -0.25) is 0 Å². The summed E-state index contributed by atoms with van der Waals surface area (Å²) in [5.41, 5.74) is 0.916. The maximum Gasteiger partial charge on any atom is 0.248 e. The zero-order valence-corrected chi connectivity index (χ0v) is 17.1. The summed E-state index contributed by atoms with van der Waals surface area (Å²) in [5.74, 6) is 1.84. The number of rotatable bonds is 6. The second kappa shape index (κ2) is 8.02. The first-order valence-corrected chi connectivity index (χ1v) is 11.5. The third kappa shape index (κ3) is 3.82. The Morgan fingerprint density at radius 2 is 1.93 bits per heavy atom. The van der Waals surface area contributed by atoms with Gasteiger partial charge in [0.2, 0.25) is 21.8 Å². The van der Waals surface area contributed by atoms with Crippen molar-refractivity contribution < 1.29 is 17.6 Å². The van der Waals surface area contributed by atoms with Gasteiger partial charge >= 0.3 is 0 Å². The molecule has 3 heterocycles. The van der Waals surface area contributed by atoms with E-state index < -0.39 is 10.0 Å². The lowest BCUT2D eigenvalue weighted by Gasteiger charge is -2.29. The van der Waals surface area contributed by atoms with E-state index in [1.54, 1.807) is 35.6 Å². The third-order valence-corrected chi connectivity index (χ3v) is 7.38. The van der Waals surface area contributed by atoms with Crippen LogP contribution in [0.4, 0.5) is 0 Å². The van der Waals surface area contributed by atoms with Crippen LogP contribution >= 0.6 is 11.3 Å². The maximum atomic E-state index is 12.9. The van der Waals surface area contributed by atoms with Gasteiger partial charge in [-0.1, -0.05) is 0 Å². The molecule has 148 valence electrons. The van der Waals surface area contributed by atoms with E-state index in [1.165, 1.54) is 4.31 Å². The Morgan fingerprint density at radius 3 is 2.57 bits per heavy atom. The lowest BCUT2D eigenvalue weighted by Crippen LogP contribution is -2.37. The van der Waals surface area contributed by atoms with E-state index in [1.807, 2.05) is 23.8 Å². The molecule has 28 heavy (non-hydrogen) atoms. The molecule has 2 aromatic heterocycles. The van der Waals surface area contributed by atoms with Gasteiger partial charge in [-0.05, 0) is 55.5 Å². The molecule has 0 amide bonds. The van der Waals surface area contributed by atoms with Crippen LogP contribution in [0.1, 0.15) is 31.6 Å². The summed E-state index contributed by atoms with van der Waals surface area (Å²) in [6.07, 6.45) is 1.31. The second-order valence-electron chi connectivity index (χ2n) is 6.54. The van der Waals surface area contributed by atoms with Gasteiger partial charge in [0.25, 0.3) is 0 Å². The molecule has 1 aromatic carbocycles. The molecule has 1 aliphatic rings. The third-order valence-electron chi connectivity index (χ3n) is 4.78. The standard InChI is InChI=1S/C19H21N3O4S2/c1-2-25-16-3-5-17(6-4-16)28(23,24)22-10-7-14(8-11-22)18-20-21-19(26-18)15-9-12-27-13-15/h3-6,9,12-14H,2,7-8,10-11H2,1H3. The van der Waals surface area contributed by atoms with E-state index in [0.717, 1.165) is 5.56 Å². The Bertz CT molecular complexity index is 1010. The van der Waals surface area contributed by atoms with Crippen molar-refractivity contribution in [2.45, 2.75) is 30.6 Å². The molecule has 0 N–H and O–H groups in total. The minimum absolute atomic E-state index is 0.0756. The molecule has 3 aromatic rings. The normalized spacial score (nSPS) is 16.3. The lowest BCUT2D eigenvalue weighted by molar-refractivity contribution is 0.291. The minimum Gasteiger partial charge on any atom is -0.494 e. The van der Waals surface area contributed by atoms with Crippen molar-refractivity contribution in [1.82, 2.24) is 14.5 Å². The summed E-state index contributed by atoms with van der Waals surface area (Å²) in [5, 5.41) is 12.2. The molecule has 0 saturated carbocycles. The van der Waals surface area contributed by atoms with Crippen LogP contribution in [-0.4, -0.2) is 42.6 Å². The van der Waals surface area contributed by atoms with Crippen molar-refractivity contribution in [3.8, 4) is 17.2 Å². The van der Waals surface area contributed by atoms with Gasteiger partial charge in [0.1, 0.15) is 5.75 Å². The average Bonchev–Trinajstić information content (AvgIpc) is 3.41. The molecule has 4 rings (SSSR count). The topological polar surface area (TPSA) is 85.5 Å². The molecule has 0 radical (unpaired) electrons. The van der Waals surface area contributed by atoms with Gasteiger partial charge in [-0.15, -0.1) is 10.2 Å². The number of nitrogens with zero attached hydrogens (tertiary/aromatic N) is 3. The van der Waals surface area contributed by atoms with Crippen LogP contribution in [0, 0.1) is 0 Å². The van der Waals surface area contributed by atoms with Crippen molar-refractivity contribution in [3.05, 3.63) is 47.0 Å². The molecule has 0 bridgehead atoms. The molecule has 1 saturated heterocycles. The van der Waals surface area contributed by atoms with Crippen molar-refractivity contribution in [3.63, 3.8) is 0 Å². The zero-order chi connectivity index (χ0) is 19.6. The van der Waals surface area contributed by atoms with Crippen LogP contribution in [0.25, 0.3) is 11.5 Å². The van der Waals surface area contributed by atoms with E-state index in [0.29, 0.717) is 50.1 Å². The van der Waals surface area contributed by atoms with Crippen LogP contribution < -0.4 is 4.74 Å². The SMILES string of the molecule is CCOc1ccc(S(=O)(=O)N2CCC(c3nnc(-c4ccsc4)o3)CC2)cc1. The number of sulfonamides is 1. The number of hydrogen-bond donors (Lipinski definition) is 0. The van der Waals surface area contributed by atoms with E-state index in [9.17, 15) is 8.42 Å². The van der Waals surface area contributed by atoms with Gasteiger partial charge in [-0.2, -0.15) is 15.6 Å². The van der Waals surface area contributed by atoms with Gasteiger partial charge in [-0.25, -0.2) is 8.42 Å². The number of piperidine rings is 1. The number of aromatic nitrogens is 2. The van der Waals surface area contributed by atoms with Crippen molar-refractivity contribution in [1.29, 1.82) is 0 Å². The molecule has 7 nitrogen and oxygen atoms in total. The highest BCUT2D eigenvalue weighted by molar-refractivity contribution is 7.89. The zero-order valence-electron chi connectivity index (χ0n) is 15.4. The van der Waals surface area contributed by atoms with E-state index in [2.05, 4.69) is 10.2 Å². The van der Waals surface area contributed by atoms with Gasteiger partial charge in [0.05, 0.1) is 11.5 Å². The first-order chi connectivity index (χ1) is 13.6. The first-order valence-electron chi connectivity index (χ1n) is 9.17. The molecule has 1 fully saturated rings. The Labute approximate surface area is 168 Å². The molecule has 0 unspecified atom stereocenters. The summed E-state index contributed by atoms with van der Waals surface area (Å²) in [4.78, 5) is 0.284. The molecular weight excluding hydrogens is 398 g/mol. The smallest absolute Gasteiger partial charge is 0.248 e. The molecular formula is C19H21N3O4S2. The molecule has 0 aliphatic carbocycles. The highest BCUT2D eigenvalue weighted by Crippen LogP contribution is 2.32.